The van der Waals surface area contributed by atoms with Gasteiger partial charge in [-0.2, -0.15) is 0 Å². The average molecular weight is 202 g/mol. The molecule has 1 aromatic rings. The molecular formula is C10H13ClFN. The van der Waals surface area contributed by atoms with Crippen molar-refractivity contribution in [3.05, 3.63) is 34.9 Å². The molecule has 0 saturated heterocycles. The van der Waals surface area contributed by atoms with Crippen LogP contribution < -0.4 is 5.73 Å². The lowest BCUT2D eigenvalue weighted by Crippen LogP contribution is -2.19. The lowest BCUT2D eigenvalue weighted by Gasteiger charge is -2.19. The summed E-state index contributed by atoms with van der Waals surface area (Å²) in [5, 5.41) is 0.618. The van der Waals surface area contributed by atoms with Crippen molar-refractivity contribution in [1.82, 2.24) is 0 Å². The molecule has 13 heavy (non-hydrogen) atoms. The summed E-state index contributed by atoms with van der Waals surface area (Å²) in [6.07, 6.45) is 0.328. The largest absolute Gasteiger partial charge is 0.330 e. The molecule has 0 aromatic heterocycles. The molecule has 0 aliphatic carbocycles. The van der Waals surface area contributed by atoms with Gasteiger partial charge in [-0.15, -0.1) is 0 Å². The van der Waals surface area contributed by atoms with Gasteiger partial charge in [0.2, 0.25) is 0 Å². The molecule has 0 aliphatic rings. The van der Waals surface area contributed by atoms with Gasteiger partial charge in [0.25, 0.3) is 0 Å². The molecule has 1 nitrogen and oxygen atoms in total. The average Bonchev–Trinajstić information content (AvgIpc) is 2.05. The van der Waals surface area contributed by atoms with Crippen molar-refractivity contribution in [2.75, 3.05) is 6.54 Å². The fourth-order valence-electron chi connectivity index (χ4n) is 1.21. The Balaban J connectivity index is 2.87. The molecule has 1 atom stereocenters. The van der Waals surface area contributed by atoms with E-state index in [-0.39, 0.29) is 0 Å². The number of hydrogen-bond donors (Lipinski definition) is 1. The maximum absolute atomic E-state index is 13.8. The van der Waals surface area contributed by atoms with Gasteiger partial charge in [0.15, 0.2) is 0 Å². The lowest BCUT2D eigenvalue weighted by molar-refractivity contribution is 0.181. The molecule has 1 aromatic carbocycles. The van der Waals surface area contributed by atoms with E-state index in [1.165, 1.54) is 6.92 Å². The normalized spacial score (nSPS) is 15.4. The number of hydrogen-bond acceptors (Lipinski definition) is 1. The van der Waals surface area contributed by atoms with Crippen molar-refractivity contribution in [2.45, 2.75) is 19.0 Å². The van der Waals surface area contributed by atoms with Crippen molar-refractivity contribution in [2.24, 2.45) is 5.73 Å². The quantitative estimate of drug-likeness (QED) is 0.800. The topological polar surface area (TPSA) is 26.0 Å². The smallest absolute Gasteiger partial charge is 0.134 e. The van der Waals surface area contributed by atoms with Crippen LogP contribution in [0.2, 0.25) is 5.02 Å². The van der Waals surface area contributed by atoms with Gasteiger partial charge in [-0.25, -0.2) is 4.39 Å². The molecule has 0 saturated carbocycles. The van der Waals surface area contributed by atoms with E-state index in [9.17, 15) is 4.39 Å². The van der Waals surface area contributed by atoms with Gasteiger partial charge < -0.3 is 5.73 Å². The minimum Gasteiger partial charge on any atom is -0.330 e. The number of nitrogens with two attached hydrogens (primary N) is 1. The Hall–Kier alpha value is -0.600. The summed E-state index contributed by atoms with van der Waals surface area (Å²) >= 11 is 5.69. The molecule has 0 fully saturated rings. The predicted molar refractivity (Wildman–Crippen MR) is 53.6 cm³/mol. The van der Waals surface area contributed by atoms with Crippen molar-refractivity contribution < 1.29 is 4.39 Å². The van der Waals surface area contributed by atoms with Crippen LogP contribution in [0, 0.1) is 0 Å². The third kappa shape index (κ3) is 2.68. The van der Waals surface area contributed by atoms with E-state index in [0.717, 1.165) is 0 Å². The second-order valence-electron chi connectivity index (χ2n) is 3.24. The summed E-state index contributed by atoms with van der Waals surface area (Å²) in [4.78, 5) is 0. The minimum absolute atomic E-state index is 0.328. The van der Waals surface area contributed by atoms with Crippen LogP contribution in [0.3, 0.4) is 0 Å². The van der Waals surface area contributed by atoms with Gasteiger partial charge in [0.05, 0.1) is 0 Å². The number of halogens is 2. The van der Waals surface area contributed by atoms with Crippen LogP contribution in [0.15, 0.2) is 24.3 Å². The molecule has 0 bridgehead atoms. The first kappa shape index (κ1) is 10.5. The summed E-state index contributed by atoms with van der Waals surface area (Å²) in [6, 6.07) is 6.76. The van der Waals surface area contributed by atoms with Crippen molar-refractivity contribution in [3.63, 3.8) is 0 Å². The standard InChI is InChI=1S/C10H13ClFN/c1-10(12,6-7-13)8-2-4-9(11)5-3-8/h2-5H,6-7,13H2,1H3. The molecule has 1 unspecified atom stereocenters. The van der Waals surface area contributed by atoms with E-state index in [0.29, 0.717) is 23.6 Å². The van der Waals surface area contributed by atoms with Gasteiger partial charge >= 0.3 is 0 Å². The summed E-state index contributed by atoms with van der Waals surface area (Å²) in [6.45, 7) is 1.87. The molecule has 0 radical (unpaired) electrons. The van der Waals surface area contributed by atoms with Crippen LogP contribution in [0.5, 0.6) is 0 Å². The Kier molecular flexibility index (Phi) is 3.28. The predicted octanol–water partition coefficient (Wildman–Crippen LogP) is 2.87. The molecule has 72 valence electrons. The molecule has 3 heteroatoms. The third-order valence-electron chi connectivity index (χ3n) is 2.06. The van der Waals surface area contributed by atoms with Crippen LogP contribution >= 0.6 is 11.6 Å². The highest BCUT2D eigenvalue weighted by atomic mass is 35.5. The first-order valence-electron chi connectivity index (χ1n) is 4.21. The summed E-state index contributed by atoms with van der Waals surface area (Å²) in [5.74, 6) is 0. The van der Waals surface area contributed by atoms with Crippen LogP contribution in [0.4, 0.5) is 4.39 Å². The Morgan fingerprint density at radius 3 is 2.38 bits per heavy atom. The zero-order valence-corrected chi connectivity index (χ0v) is 8.31. The second kappa shape index (κ2) is 4.07. The first-order chi connectivity index (χ1) is 6.06. The minimum atomic E-state index is -1.35. The van der Waals surface area contributed by atoms with Crippen LogP contribution in [0.1, 0.15) is 18.9 Å². The van der Waals surface area contributed by atoms with E-state index in [2.05, 4.69) is 0 Å². The van der Waals surface area contributed by atoms with Crippen molar-refractivity contribution in [1.29, 1.82) is 0 Å². The number of rotatable bonds is 3. The summed E-state index contributed by atoms with van der Waals surface area (Å²) < 4.78 is 13.8. The van der Waals surface area contributed by atoms with Crippen LogP contribution in [-0.4, -0.2) is 6.54 Å². The Labute approximate surface area is 82.7 Å². The third-order valence-corrected chi connectivity index (χ3v) is 2.31. The molecule has 1 rings (SSSR count). The fourth-order valence-corrected chi connectivity index (χ4v) is 1.34. The van der Waals surface area contributed by atoms with E-state index in [4.69, 9.17) is 17.3 Å². The zero-order chi connectivity index (χ0) is 9.90. The first-order valence-corrected chi connectivity index (χ1v) is 4.59. The van der Waals surface area contributed by atoms with E-state index in [1.54, 1.807) is 24.3 Å². The molecule has 2 N–H and O–H groups in total. The van der Waals surface area contributed by atoms with E-state index >= 15 is 0 Å². The maximum Gasteiger partial charge on any atom is 0.134 e. The Bertz CT molecular complexity index is 269. The monoisotopic (exact) mass is 201 g/mol. The van der Waals surface area contributed by atoms with E-state index in [1.807, 2.05) is 0 Å². The van der Waals surface area contributed by atoms with Crippen LogP contribution in [0.25, 0.3) is 0 Å². The summed E-state index contributed by atoms with van der Waals surface area (Å²) in [5.41, 5.74) is 4.60. The number of benzene rings is 1. The highest BCUT2D eigenvalue weighted by molar-refractivity contribution is 6.30. The summed E-state index contributed by atoms with van der Waals surface area (Å²) in [7, 11) is 0. The van der Waals surface area contributed by atoms with Gasteiger partial charge in [0.1, 0.15) is 5.67 Å². The highest BCUT2D eigenvalue weighted by Crippen LogP contribution is 2.29. The molecular weight excluding hydrogens is 189 g/mol. The zero-order valence-electron chi connectivity index (χ0n) is 7.56. The number of alkyl halides is 1. The molecule has 0 aliphatic heterocycles. The highest BCUT2D eigenvalue weighted by Gasteiger charge is 2.24. The van der Waals surface area contributed by atoms with Crippen molar-refractivity contribution in [3.8, 4) is 0 Å². The van der Waals surface area contributed by atoms with Crippen LogP contribution in [-0.2, 0) is 5.67 Å². The van der Waals surface area contributed by atoms with Gasteiger partial charge in [-0.3, -0.25) is 0 Å². The van der Waals surface area contributed by atoms with Gasteiger partial charge in [-0.1, -0.05) is 23.7 Å². The van der Waals surface area contributed by atoms with Gasteiger partial charge in [0, 0.05) is 5.02 Å². The Morgan fingerprint density at radius 1 is 1.38 bits per heavy atom. The fraction of sp³-hybridized carbons (Fsp3) is 0.400. The second-order valence-corrected chi connectivity index (χ2v) is 3.68. The maximum atomic E-state index is 13.8. The Morgan fingerprint density at radius 2 is 1.92 bits per heavy atom. The molecule has 0 spiro atoms. The molecule has 0 heterocycles. The van der Waals surface area contributed by atoms with E-state index < -0.39 is 5.67 Å². The lowest BCUT2D eigenvalue weighted by atomic mass is 9.95. The van der Waals surface area contributed by atoms with Crippen molar-refractivity contribution >= 4 is 11.6 Å². The SMILES string of the molecule is CC(F)(CCN)c1ccc(Cl)cc1. The van der Waals surface area contributed by atoms with Gasteiger partial charge in [-0.05, 0) is 37.6 Å². The molecule has 0 amide bonds.